The minimum Gasteiger partial charge on any atom is -0.325 e. The van der Waals surface area contributed by atoms with Crippen LogP contribution in [0.4, 0.5) is 0 Å². The summed E-state index contributed by atoms with van der Waals surface area (Å²) in [5.41, 5.74) is 7.92. The third kappa shape index (κ3) is 2.76. The predicted octanol–water partition coefficient (Wildman–Crippen LogP) is 4.15. The molecule has 0 atom stereocenters. The summed E-state index contributed by atoms with van der Waals surface area (Å²) in [7, 11) is 0. The van der Waals surface area contributed by atoms with E-state index < -0.39 is 0 Å². The Kier molecular flexibility index (Phi) is 3.97. The molecule has 0 aliphatic heterocycles. The fraction of sp³-hybridized carbons (Fsp3) is 0.308. The molecule has 1 heterocycles. The van der Waals surface area contributed by atoms with Gasteiger partial charge < -0.3 is 5.73 Å². The molecule has 0 saturated carbocycles. The maximum Gasteiger partial charge on any atom is 0.107 e. The molecule has 2 N–H and O–H groups in total. The highest BCUT2D eigenvalue weighted by molar-refractivity contribution is 9.10. The number of rotatable bonds is 3. The van der Waals surface area contributed by atoms with Crippen LogP contribution in [0.5, 0.6) is 0 Å². The maximum atomic E-state index is 5.67. The van der Waals surface area contributed by atoms with Gasteiger partial charge in [0.15, 0.2) is 0 Å². The van der Waals surface area contributed by atoms with Crippen molar-refractivity contribution in [1.82, 2.24) is 4.98 Å². The van der Waals surface area contributed by atoms with E-state index in [0.29, 0.717) is 12.5 Å². The Bertz CT molecular complexity index is 503. The molecule has 1 aromatic heterocycles. The van der Waals surface area contributed by atoms with Crippen LogP contribution >= 0.6 is 27.3 Å². The molecular weight excluding hydrogens is 296 g/mol. The van der Waals surface area contributed by atoms with Crippen LogP contribution in [0, 0.1) is 0 Å². The van der Waals surface area contributed by atoms with Crippen molar-refractivity contribution in [2.45, 2.75) is 26.3 Å². The second-order valence-corrected chi connectivity index (χ2v) is 6.22. The van der Waals surface area contributed by atoms with Gasteiger partial charge in [0.2, 0.25) is 0 Å². The van der Waals surface area contributed by atoms with Crippen molar-refractivity contribution in [3.8, 4) is 11.3 Å². The predicted molar refractivity (Wildman–Crippen MR) is 77.2 cm³/mol. The van der Waals surface area contributed by atoms with Crippen molar-refractivity contribution in [1.29, 1.82) is 0 Å². The summed E-state index contributed by atoms with van der Waals surface area (Å²) >= 11 is 5.17. The van der Waals surface area contributed by atoms with Gasteiger partial charge >= 0.3 is 0 Å². The van der Waals surface area contributed by atoms with Crippen molar-refractivity contribution in [2.24, 2.45) is 5.73 Å². The summed E-state index contributed by atoms with van der Waals surface area (Å²) in [6.07, 6.45) is 0. The monoisotopic (exact) mass is 310 g/mol. The average molecular weight is 311 g/mol. The molecule has 0 bridgehead atoms. The normalized spacial score (nSPS) is 11.1. The van der Waals surface area contributed by atoms with E-state index in [2.05, 4.69) is 46.9 Å². The highest BCUT2D eigenvalue weighted by Crippen LogP contribution is 2.34. The second kappa shape index (κ2) is 5.29. The standard InChI is InChI=1S/C13H15BrN2S/c1-8(2)13-12(16-11(7-15)17-13)9-3-5-10(14)6-4-9/h3-6,8H,7,15H2,1-2H3. The lowest BCUT2D eigenvalue weighted by atomic mass is 10.1. The van der Waals surface area contributed by atoms with E-state index in [1.165, 1.54) is 4.88 Å². The van der Waals surface area contributed by atoms with Gasteiger partial charge in [0.1, 0.15) is 5.01 Å². The van der Waals surface area contributed by atoms with Gasteiger partial charge in [-0.15, -0.1) is 11.3 Å². The molecule has 0 aliphatic rings. The molecule has 0 amide bonds. The minimum absolute atomic E-state index is 0.478. The van der Waals surface area contributed by atoms with E-state index in [9.17, 15) is 0 Å². The fourth-order valence-corrected chi connectivity index (χ4v) is 2.91. The van der Waals surface area contributed by atoms with Crippen LogP contribution in [0.25, 0.3) is 11.3 Å². The van der Waals surface area contributed by atoms with Crippen LogP contribution < -0.4 is 5.73 Å². The summed E-state index contributed by atoms with van der Waals surface area (Å²) < 4.78 is 1.08. The van der Waals surface area contributed by atoms with Crippen molar-refractivity contribution in [2.75, 3.05) is 0 Å². The zero-order chi connectivity index (χ0) is 12.4. The van der Waals surface area contributed by atoms with Crippen molar-refractivity contribution >= 4 is 27.3 Å². The first kappa shape index (κ1) is 12.7. The van der Waals surface area contributed by atoms with Gasteiger partial charge in [-0.1, -0.05) is 41.9 Å². The first-order valence-electron chi connectivity index (χ1n) is 5.57. The largest absolute Gasteiger partial charge is 0.325 e. The first-order valence-corrected chi connectivity index (χ1v) is 7.18. The van der Waals surface area contributed by atoms with Gasteiger partial charge in [-0.25, -0.2) is 4.98 Å². The molecular formula is C13H15BrN2S. The van der Waals surface area contributed by atoms with E-state index in [1.54, 1.807) is 11.3 Å². The zero-order valence-electron chi connectivity index (χ0n) is 9.90. The number of nitrogens with two attached hydrogens (primary N) is 1. The molecule has 0 spiro atoms. The fourth-order valence-electron chi connectivity index (χ4n) is 1.67. The molecule has 2 rings (SSSR count). The minimum atomic E-state index is 0.478. The summed E-state index contributed by atoms with van der Waals surface area (Å²) in [5.74, 6) is 0.478. The summed E-state index contributed by atoms with van der Waals surface area (Å²) in [4.78, 5) is 5.94. The Hall–Kier alpha value is -0.710. The molecule has 17 heavy (non-hydrogen) atoms. The number of nitrogens with zero attached hydrogens (tertiary/aromatic N) is 1. The quantitative estimate of drug-likeness (QED) is 0.924. The summed E-state index contributed by atoms with van der Waals surface area (Å²) in [5, 5.41) is 1.01. The number of thiazole rings is 1. The lowest BCUT2D eigenvalue weighted by molar-refractivity contribution is 0.887. The average Bonchev–Trinajstić information content (AvgIpc) is 2.74. The molecule has 2 nitrogen and oxygen atoms in total. The molecule has 0 fully saturated rings. The van der Waals surface area contributed by atoms with Gasteiger partial charge in [0.05, 0.1) is 5.69 Å². The topological polar surface area (TPSA) is 38.9 Å². The lowest BCUT2D eigenvalue weighted by Crippen LogP contribution is -1.94. The van der Waals surface area contributed by atoms with Crippen LogP contribution in [-0.4, -0.2) is 4.98 Å². The Morgan fingerprint density at radius 3 is 2.47 bits per heavy atom. The van der Waals surface area contributed by atoms with Crippen molar-refractivity contribution in [3.63, 3.8) is 0 Å². The van der Waals surface area contributed by atoms with Crippen molar-refractivity contribution < 1.29 is 0 Å². The highest BCUT2D eigenvalue weighted by Gasteiger charge is 2.14. The molecule has 0 aliphatic carbocycles. The van der Waals surface area contributed by atoms with Crippen LogP contribution in [-0.2, 0) is 6.54 Å². The number of aromatic nitrogens is 1. The number of benzene rings is 1. The molecule has 0 unspecified atom stereocenters. The summed E-state index contributed by atoms with van der Waals surface area (Å²) in [6, 6.07) is 8.26. The smallest absolute Gasteiger partial charge is 0.107 e. The zero-order valence-corrected chi connectivity index (χ0v) is 12.3. The SMILES string of the molecule is CC(C)c1sc(CN)nc1-c1ccc(Br)cc1. The van der Waals surface area contributed by atoms with Gasteiger partial charge in [-0.2, -0.15) is 0 Å². The van der Waals surface area contributed by atoms with E-state index in [0.717, 1.165) is 20.7 Å². The van der Waals surface area contributed by atoms with E-state index in [-0.39, 0.29) is 0 Å². The van der Waals surface area contributed by atoms with Gasteiger partial charge in [0, 0.05) is 21.5 Å². The molecule has 4 heteroatoms. The molecule has 1 aromatic carbocycles. The summed E-state index contributed by atoms with van der Waals surface area (Å²) in [6.45, 7) is 4.90. The Labute approximate surface area is 114 Å². The third-order valence-corrected chi connectivity index (χ3v) is 4.42. The molecule has 2 aromatic rings. The number of halogens is 1. The Balaban J connectivity index is 2.49. The second-order valence-electron chi connectivity index (χ2n) is 4.19. The molecule has 0 radical (unpaired) electrons. The van der Waals surface area contributed by atoms with E-state index in [4.69, 9.17) is 5.73 Å². The van der Waals surface area contributed by atoms with Gasteiger partial charge in [-0.3, -0.25) is 0 Å². The molecule has 0 saturated heterocycles. The van der Waals surface area contributed by atoms with Crippen molar-refractivity contribution in [3.05, 3.63) is 38.6 Å². The van der Waals surface area contributed by atoms with E-state index in [1.807, 2.05) is 12.1 Å². The maximum absolute atomic E-state index is 5.67. The molecule has 90 valence electrons. The Morgan fingerprint density at radius 1 is 1.29 bits per heavy atom. The van der Waals surface area contributed by atoms with Gasteiger partial charge in [0.25, 0.3) is 0 Å². The van der Waals surface area contributed by atoms with Crippen LogP contribution in [0.15, 0.2) is 28.7 Å². The van der Waals surface area contributed by atoms with E-state index >= 15 is 0 Å². The lowest BCUT2D eigenvalue weighted by Gasteiger charge is -2.05. The Morgan fingerprint density at radius 2 is 1.94 bits per heavy atom. The first-order chi connectivity index (χ1) is 8.11. The van der Waals surface area contributed by atoms with Crippen LogP contribution in [0.2, 0.25) is 0 Å². The highest BCUT2D eigenvalue weighted by atomic mass is 79.9. The van der Waals surface area contributed by atoms with Gasteiger partial charge in [-0.05, 0) is 18.1 Å². The van der Waals surface area contributed by atoms with Crippen LogP contribution in [0.3, 0.4) is 0 Å². The third-order valence-electron chi connectivity index (χ3n) is 2.51. The number of hydrogen-bond donors (Lipinski definition) is 1. The number of hydrogen-bond acceptors (Lipinski definition) is 3. The van der Waals surface area contributed by atoms with Crippen LogP contribution in [0.1, 0.15) is 29.7 Å².